The number of benzene rings is 2. The number of hydrogen-bond acceptors (Lipinski definition) is 3. The van der Waals surface area contributed by atoms with Gasteiger partial charge in [0.1, 0.15) is 11.5 Å². The van der Waals surface area contributed by atoms with Gasteiger partial charge in [0.2, 0.25) is 0 Å². The third kappa shape index (κ3) is 4.77. The van der Waals surface area contributed by atoms with E-state index >= 15 is 0 Å². The van der Waals surface area contributed by atoms with E-state index in [1.165, 1.54) is 11.6 Å². The first-order chi connectivity index (χ1) is 10.7. The van der Waals surface area contributed by atoms with Gasteiger partial charge in [-0.25, -0.2) is 4.79 Å². The Morgan fingerprint density at radius 1 is 1.00 bits per heavy atom. The zero-order valence-corrected chi connectivity index (χ0v) is 12.9. The summed E-state index contributed by atoms with van der Waals surface area (Å²) in [5.41, 5.74) is 2.16. The molecule has 0 aliphatic rings. The highest BCUT2D eigenvalue weighted by atomic mass is 16.5. The van der Waals surface area contributed by atoms with Gasteiger partial charge in [0.05, 0.1) is 7.11 Å². The van der Waals surface area contributed by atoms with Crippen molar-refractivity contribution < 1.29 is 14.3 Å². The number of methoxy groups -OCH3 is 1. The van der Waals surface area contributed by atoms with E-state index in [-0.39, 0.29) is 5.97 Å². The maximum absolute atomic E-state index is 11.8. The predicted octanol–water partition coefficient (Wildman–Crippen LogP) is 4.27. The molecule has 0 unspecified atom stereocenters. The summed E-state index contributed by atoms with van der Waals surface area (Å²) in [6.45, 7) is 2.14. The highest BCUT2D eigenvalue weighted by Gasteiger charge is 2.01. The first kappa shape index (κ1) is 15.8. The van der Waals surface area contributed by atoms with Gasteiger partial charge >= 0.3 is 5.97 Å². The van der Waals surface area contributed by atoms with Gasteiger partial charge in [-0.2, -0.15) is 0 Å². The first-order valence-corrected chi connectivity index (χ1v) is 7.34. The van der Waals surface area contributed by atoms with Crippen molar-refractivity contribution >= 4 is 12.0 Å². The fourth-order valence-electron chi connectivity index (χ4n) is 2.04. The molecule has 2 aromatic carbocycles. The van der Waals surface area contributed by atoms with Crippen LogP contribution in [0.15, 0.2) is 54.6 Å². The lowest BCUT2D eigenvalue weighted by Crippen LogP contribution is -2.03. The van der Waals surface area contributed by atoms with Gasteiger partial charge in [-0.05, 0) is 47.9 Å². The van der Waals surface area contributed by atoms with E-state index in [4.69, 9.17) is 9.47 Å². The van der Waals surface area contributed by atoms with Gasteiger partial charge < -0.3 is 9.47 Å². The normalized spacial score (nSPS) is 10.6. The molecule has 0 fully saturated rings. The van der Waals surface area contributed by atoms with Crippen LogP contribution in [0.1, 0.15) is 24.5 Å². The summed E-state index contributed by atoms with van der Waals surface area (Å²) in [6, 6.07) is 15.1. The molecule has 22 heavy (non-hydrogen) atoms. The van der Waals surface area contributed by atoms with E-state index in [1.54, 1.807) is 13.2 Å². The van der Waals surface area contributed by atoms with E-state index < -0.39 is 0 Å². The second kappa shape index (κ2) is 8.03. The molecule has 0 amide bonds. The SMILES string of the molecule is CCCc1ccc(OC(=O)/C=C/c2ccc(OC)cc2)cc1. The zero-order chi connectivity index (χ0) is 15.8. The van der Waals surface area contributed by atoms with E-state index in [2.05, 4.69) is 6.92 Å². The number of esters is 1. The zero-order valence-electron chi connectivity index (χ0n) is 12.9. The summed E-state index contributed by atoms with van der Waals surface area (Å²) in [7, 11) is 1.62. The molecule has 114 valence electrons. The molecule has 0 aliphatic heterocycles. The summed E-state index contributed by atoms with van der Waals surface area (Å²) in [5.74, 6) is 0.954. The van der Waals surface area contributed by atoms with Crippen molar-refractivity contribution in [3.05, 3.63) is 65.7 Å². The fourth-order valence-corrected chi connectivity index (χ4v) is 2.04. The minimum atomic E-state index is -0.390. The van der Waals surface area contributed by atoms with Crippen molar-refractivity contribution in [2.75, 3.05) is 7.11 Å². The van der Waals surface area contributed by atoms with Crippen LogP contribution in [0.25, 0.3) is 6.08 Å². The summed E-state index contributed by atoms with van der Waals surface area (Å²) in [4.78, 5) is 11.8. The standard InChI is InChI=1S/C19H20O3/c1-3-4-15-7-12-18(13-8-15)22-19(20)14-9-16-5-10-17(21-2)11-6-16/h5-14H,3-4H2,1-2H3/b14-9+. The summed E-state index contributed by atoms with van der Waals surface area (Å²) in [6.07, 6.45) is 5.27. The quantitative estimate of drug-likeness (QED) is 0.454. The Kier molecular flexibility index (Phi) is 5.78. The number of carbonyl (C=O) groups is 1. The average Bonchev–Trinajstić information content (AvgIpc) is 2.55. The largest absolute Gasteiger partial charge is 0.497 e. The van der Waals surface area contributed by atoms with Crippen molar-refractivity contribution in [1.29, 1.82) is 0 Å². The molecule has 0 saturated carbocycles. The fraction of sp³-hybridized carbons (Fsp3) is 0.211. The van der Waals surface area contributed by atoms with Crippen molar-refractivity contribution in [2.24, 2.45) is 0 Å². The minimum Gasteiger partial charge on any atom is -0.497 e. The maximum Gasteiger partial charge on any atom is 0.336 e. The topological polar surface area (TPSA) is 35.5 Å². The van der Waals surface area contributed by atoms with Crippen LogP contribution in [0.3, 0.4) is 0 Å². The van der Waals surface area contributed by atoms with Gasteiger partial charge in [0, 0.05) is 6.08 Å². The summed E-state index contributed by atoms with van der Waals surface area (Å²) < 4.78 is 10.3. The van der Waals surface area contributed by atoms with Crippen molar-refractivity contribution in [3.63, 3.8) is 0 Å². The summed E-state index contributed by atoms with van der Waals surface area (Å²) in [5, 5.41) is 0. The maximum atomic E-state index is 11.8. The second-order valence-corrected chi connectivity index (χ2v) is 4.92. The molecule has 3 nitrogen and oxygen atoms in total. The molecule has 0 N–H and O–H groups in total. The number of hydrogen-bond donors (Lipinski definition) is 0. The van der Waals surface area contributed by atoms with Crippen molar-refractivity contribution in [2.45, 2.75) is 19.8 Å². The number of aryl methyl sites for hydroxylation is 1. The van der Waals surface area contributed by atoms with Crippen LogP contribution < -0.4 is 9.47 Å². The molecule has 0 atom stereocenters. The lowest BCUT2D eigenvalue weighted by atomic mass is 10.1. The second-order valence-electron chi connectivity index (χ2n) is 4.92. The lowest BCUT2D eigenvalue weighted by molar-refractivity contribution is -0.128. The molecule has 0 aromatic heterocycles. The Balaban J connectivity index is 1.92. The molecular formula is C19H20O3. The Morgan fingerprint density at radius 3 is 2.23 bits per heavy atom. The third-order valence-electron chi connectivity index (χ3n) is 3.21. The highest BCUT2D eigenvalue weighted by molar-refractivity contribution is 5.88. The van der Waals surface area contributed by atoms with Crippen molar-refractivity contribution in [1.82, 2.24) is 0 Å². The molecule has 0 saturated heterocycles. The molecule has 0 bridgehead atoms. The van der Waals surface area contributed by atoms with Gasteiger partial charge in [-0.1, -0.05) is 37.6 Å². The van der Waals surface area contributed by atoms with Crippen LogP contribution >= 0.6 is 0 Å². The van der Waals surface area contributed by atoms with E-state index in [1.807, 2.05) is 48.5 Å². The lowest BCUT2D eigenvalue weighted by Gasteiger charge is -2.03. The van der Waals surface area contributed by atoms with Crippen LogP contribution in [-0.4, -0.2) is 13.1 Å². The van der Waals surface area contributed by atoms with E-state index in [0.717, 1.165) is 24.2 Å². The summed E-state index contributed by atoms with van der Waals surface area (Å²) >= 11 is 0. The molecule has 2 aromatic rings. The average molecular weight is 296 g/mol. The molecule has 0 radical (unpaired) electrons. The smallest absolute Gasteiger partial charge is 0.336 e. The Hall–Kier alpha value is -2.55. The van der Waals surface area contributed by atoms with E-state index in [0.29, 0.717) is 5.75 Å². The number of ether oxygens (including phenoxy) is 2. The molecular weight excluding hydrogens is 276 g/mol. The number of rotatable bonds is 6. The van der Waals surface area contributed by atoms with Crippen LogP contribution in [0, 0.1) is 0 Å². The molecule has 2 rings (SSSR count). The molecule has 0 aliphatic carbocycles. The molecule has 3 heteroatoms. The molecule has 0 heterocycles. The first-order valence-electron chi connectivity index (χ1n) is 7.34. The van der Waals surface area contributed by atoms with Crippen LogP contribution in [0.4, 0.5) is 0 Å². The van der Waals surface area contributed by atoms with Gasteiger partial charge in [-0.3, -0.25) is 0 Å². The van der Waals surface area contributed by atoms with Gasteiger partial charge in [0.25, 0.3) is 0 Å². The Bertz CT molecular complexity index is 625. The van der Waals surface area contributed by atoms with Crippen LogP contribution in [0.5, 0.6) is 11.5 Å². The Morgan fingerprint density at radius 2 is 1.64 bits per heavy atom. The highest BCUT2D eigenvalue weighted by Crippen LogP contribution is 2.15. The minimum absolute atomic E-state index is 0.390. The van der Waals surface area contributed by atoms with Crippen LogP contribution in [0.2, 0.25) is 0 Å². The predicted molar refractivity (Wildman–Crippen MR) is 88.1 cm³/mol. The Labute approximate surface area is 131 Å². The van der Waals surface area contributed by atoms with Gasteiger partial charge in [-0.15, -0.1) is 0 Å². The van der Waals surface area contributed by atoms with E-state index in [9.17, 15) is 4.79 Å². The molecule has 0 spiro atoms. The monoisotopic (exact) mass is 296 g/mol. The van der Waals surface area contributed by atoms with Crippen LogP contribution in [-0.2, 0) is 11.2 Å². The van der Waals surface area contributed by atoms with Crippen molar-refractivity contribution in [3.8, 4) is 11.5 Å². The van der Waals surface area contributed by atoms with Gasteiger partial charge in [0.15, 0.2) is 0 Å². The number of carbonyl (C=O) groups excluding carboxylic acids is 1. The third-order valence-corrected chi connectivity index (χ3v) is 3.21.